The Kier molecular flexibility index (Phi) is 43.4. The Hall–Kier alpha value is -2.62. The van der Waals surface area contributed by atoms with E-state index in [0.29, 0.717) is 30.3 Å². The fourth-order valence-electron chi connectivity index (χ4n) is 6.82. The number of hydrogen-bond acceptors (Lipinski definition) is 7. The first-order valence-corrected chi connectivity index (χ1v) is 27.1. The average molecular weight is 929 g/mol. The minimum absolute atomic E-state index is 0.0538. The van der Waals surface area contributed by atoms with Gasteiger partial charge < -0.3 is 34.0 Å². The van der Waals surface area contributed by atoms with Crippen LogP contribution in [0.15, 0.2) is 97.2 Å². The number of quaternary nitrogens is 1. The fraction of sp³-hybridized carbons (Fsp3) is 0.691. The number of allylic oxidation sites excluding steroid dienone is 16. The van der Waals surface area contributed by atoms with E-state index in [2.05, 4.69) is 116 Å². The van der Waals surface area contributed by atoms with Gasteiger partial charge in [0.05, 0.1) is 39.9 Å². The van der Waals surface area contributed by atoms with Gasteiger partial charge in [-0.2, -0.15) is 0 Å². The highest BCUT2D eigenvalue weighted by Gasteiger charge is 2.29. The molecule has 4 atom stereocenters. The van der Waals surface area contributed by atoms with Crippen LogP contribution < -0.4 is 10.2 Å². The molecule has 9 nitrogen and oxygen atoms in total. The molecule has 0 aliphatic heterocycles. The zero-order valence-electron chi connectivity index (χ0n) is 42.0. The SMILES string of the molecule is CC/C=C\C/C=C\C/C=C\C/C=C\C/C=C\C/C=C\C/C=C\CCCCCCCCCC(=O)NC(COP(=O)([O-])OCC[N+](C)(C)C)C(O)C(O)CCC/C=C/CCCCCCCCC. The second-order valence-corrected chi connectivity index (χ2v) is 19.7. The molecule has 4 unspecified atom stereocenters. The van der Waals surface area contributed by atoms with E-state index in [-0.39, 0.29) is 18.9 Å². The predicted octanol–water partition coefficient (Wildman–Crippen LogP) is 13.4. The monoisotopic (exact) mass is 929 g/mol. The Morgan fingerprint density at radius 1 is 0.569 bits per heavy atom. The molecule has 0 saturated carbocycles. The maximum Gasteiger partial charge on any atom is 0.268 e. The Balaban J connectivity index is 4.36. The Morgan fingerprint density at radius 2 is 0.969 bits per heavy atom. The molecule has 10 heteroatoms. The number of rotatable bonds is 45. The third-order valence-electron chi connectivity index (χ3n) is 10.9. The minimum atomic E-state index is -4.69. The van der Waals surface area contributed by atoms with Crippen molar-refractivity contribution in [2.45, 2.75) is 205 Å². The van der Waals surface area contributed by atoms with Crippen LogP contribution in [0.4, 0.5) is 0 Å². The van der Waals surface area contributed by atoms with Gasteiger partial charge in [-0.1, -0.05) is 182 Å². The van der Waals surface area contributed by atoms with Crippen molar-refractivity contribution >= 4 is 13.7 Å². The summed E-state index contributed by atoms with van der Waals surface area (Å²) in [4.78, 5) is 25.5. The average Bonchev–Trinajstić information content (AvgIpc) is 3.26. The highest BCUT2D eigenvalue weighted by molar-refractivity contribution is 7.45. The van der Waals surface area contributed by atoms with E-state index in [0.717, 1.165) is 89.9 Å². The van der Waals surface area contributed by atoms with E-state index in [9.17, 15) is 24.5 Å². The summed E-state index contributed by atoms with van der Waals surface area (Å²) in [7, 11) is 1.08. The van der Waals surface area contributed by atoms with Crippen LogP contribution in [-0.4, -0.2) is 79.8 Å². The number of aliphatic hydroxyl groups excluding tert-OH is 2. The maximum atomic E-state index is 12.9. The first kappa shape index (κ1) is 62.4. The van der Waals surface area contributed by atoms with Crippen molar-refractivity contribution in [2.75, 3.05) is 40.9 Å². The van der Waals surface area contributed by atoms with Gasteiger partial charge in [-0.15, -0.1) is 0 Å². The number of amides is 1. The number of unbranched alkanes of at least 4 members (excludes halogenated alkanes) is 15. The number of aliphatic hydroxyl groups is 2. The summed E-state index contributed by atoms with van der Waals surface area (Å²) in [6.07, 6.45) is 60.3. The van der Waals surface area contributed by atoms with Gasteiger partial charge in [0, 0.05) is 6.42 Å². The lowest BCUT2D eigenvalue weighted by Crippen LogP contribution is -2.51. The van der Waals surface area contributed by atoms with Gasteiger partial charge in [0.1, 0.15) is 19.3 Å². The molecular formula is C55H97N2O7P. The number of hydrogen-bond donors (Lipinski definition) is 3. The topological polar surface area (TPSA) is 128 Å². The number of carbonyl (C=O) groups excluding carboxylic acids is 1. The van der Waals surface area contributed by atoms with Crippen LogP contribution in [0.3, 0.4) is 0 Å². The molecule has 65 heavy (non-hydrogen) atoms. The quantitative estimate of drug-likeness (QED) is 0.0240. The summed E-state index contributed by atoms with van der Waals surface area (Å²) in [5.74, 6) is -0.305. The summed E-state index contributed by atoms with van der Waals surface area (Å²) in [6, 6.07) is -1.10. The van der Waals surface area contributed by atoms with E-state index in [4.69, 9.17) is 9.05 Å². The molecule has 1 amide bonds. The number of likely N-dealkylation sites (N-methyl/N-ethyl adjacent to an activating group) is 1. The first-order chi connectivity index (χ1) is 31.4. The molecule has 0 radical (unpaired) electrons. The van der Waals surface area contributed by atoms with Gasteiger partial charge in [-0.3, -0.25) is 9.36 Å². The van der Waals surface area contributed by atoms with Gasteiger partial charge in [0.2, 0.25) is 5.91 Å². The lowest BCUT2D eigenvalue weighted by molar-refractivity contribution is -0.870. The lowest BCUT2D eigenvalue weighted by Gasteiger charge is -2.31. The van der Waals surface area contributed by atoms with Crippen molar-refractivity contribution in [3.63, 3.8) is 0 Å². The third-order valence-corrected chi connectivity index (χ3v) is 11.9. The van der Waals surface area contributed by atoms with Gasteiger partial charge >= 0.3 is 0 Å². The molecule has 0 heterocycles. The largest absolute Gasteiger partial charge is 0.756 e. The van der Waals surface area contributed by atoms with Gasteiger partial charge in [-0.25, -0.2) is 0 Å². The molecule has 0 saturated heterocycles. The first-order valence-electron chi connectivity index (χ1n) is 25.7. The highest BCUT2D eigenvalue weighted by atomic mass is 31.2. The molecule has 3 N–H and O–H groups in total. The normalized spacial score (nSPS) is 15.4. The summed E-state index contributed by atoms with van der Waals surface area (Å²) in [6.45, 7) is 4.26. The van der Waals surface area contributed by atoms with Crippen LogP contribution in [0, 0.1) is 0 Å². The van der Waals surface area contributed by atoms with E-state index >= 15 is 0 Å². The minimum Gasteiger partial charge on any atom is -0.756 e. The van der Waals surface area contributed by atoms with Crippen molar-refractivity contribution in [3.05, 3.63) is 97.2 Å². The molecule has 0 aliphatic rings. The molecule has 0 rings (SSSR count). The van der Waals surface area contributed by atoms with Crippen LogP contribution in [0.5, 0.6) is 0 Å². The van der Waals surface area contributed by atoms with Crippen LogP contribution in [0.2, 0.25) is 0 Å². The Labute approximate surface area is 399 Å². The molecule has 0 aromatic heterocycles. The molecule has 0 bridgehead atoms. The predicted molar refractivity (Wildman–Crippen MR) is 275 cm³/mol. The lowest BCUT2D eigenvalue weighted by atomic mass is 10.0. The molecule has 0 fully saturated rings. The standard InChI is InChI=1S/C55H97N2O7P/c1-6-8-10-12-14-16-18-20-21-22-23-24-25-26-27-28-29-30-31-32-33-34-35-36-38-40-42-44-46-48-54(59)56-52(51-64-65(61,62)63-50-49-57(3,4)5)55(60)53(58)47-45-43-41-39-37-19-17-15-13-11-9-7-2/h8,10,14,16,20-21,23-24,26-27,29-30,32-33,39,41,52-53,55,58,60H,6-7,9,11-13,15,17-19,22,25,28,31,34-38,40,42-51H2,1-5H3,(H-,56,59,61,62)/b10-8-,16-14-,21-20-,24-23-,27-26-,30-29-,33-32-,41-39+. The number of nitrogens with zero attached hydrogens (tertiary/aromatic N) is 1. The molecular weight excluding hydrogens is 832 g/mol. The van der Waals surface area contributed by atoms with E-state index in [1.807, 2.05) is 21.1 Å². The second kappa shape index (κ2) is 45.2. The van der Waals surface area contributed by atoms with Crippen LogP contribution >= 0.6 is 7.82 Å². The summed E-state index contributed by atoms with van der Waals surface area (Å²) >= 11 is 0. The Morgan fingerprint density at radius 3 is 1.43 bits per heavy atom. The van der Waals surface area contributed by atoms with E-state index < -0.39 is 32.7 Å². The molecule has 0 aromatic rings. The summed E-state index contributed by atoms with van der Waals surface area (Å²) in [5.41, 5.74) is 0. The summed E-state index contributed by atoms with van der Waals surface area (Å²) in [5, 5.41) is 24.6. The number of nitrogens with one attached hydrogen (secondary N) is 1. The van der Waals surface area contributed by atoms with Crippen molar-refractivity contribution < 1.29 is 38.0 Å². The highest BCUT2D eigenvalue weighted by Crippen LogP contribution is 2.38. The molecule has 0 aromatic carbocycles. The maximum absolute atomic E-state index is 12.9. The zero-order chi connectivity index (χ0) is 48.0. The van der Waals surface area contributed by atoms with Gasteiger partial charge in [0.15, 0.2) is 0 Å². The van der Waals surface area contributed by atoms with Gasteiger partial charge in [0.25, 0.3) is 7.82 Å². The smallest absolute Gasteiger partial charge is 0.268 e. The molecule has 374 valence electrons. The third kappa shape index (κ3) is 46.3. The van der Waals surface area contributed by atoms with E-state index in [1.54, 1.807) is 0 Å². The van der Waals surface area contributed by atoms with Crippen LogP contribution in [0.25, 0.3) is 0 Å². The fourth-order valence-corrected chi connectivity index (χ4v) is 7.54. The van der Waals surface area contributed by atoms with Crippen LogP contribution in [0.1, 0.15) is 187 Å². The number of phosphoric ester groups is 1. The zero-order valence-corrected chi connectivity index (χ0v) is 42.9. The Bertz CT molecular complexity index is 1390. The van der Waals surface area contributed by atoms with Crippen molar-refractivity contribution in [1.29, 1.82) is 0 Å². The van der Waals surface area contributed by atoms with Gasteiger partial charge in [-0.05, 0) is 96.3 Å². The molecule has 0 spiro atoms. The molecule has 0 aliphatic carbocycles. The van der Waals surface area contributed by atoms with E-state index in [1.165, 1.54) is 57.8 Å². The van der Waals surface area contributed by atoms with Crippen molar-refractivity contribution in [2.24, 2.45) is 0 Å². The van der Waals surface area contributed by atoms with Crippen LogP contribution in [-0.2, 0) is 18.4 Å². The van der Waals surface area contributed by atoms with Crippen molar-refractivity contribution in [3.8, 4) is 0 Å². The number of phosphoric acid groups is 1. The summed E-state index contributed by atoms with van der Waals surface area (Å²) < 4.78 is 23.2. The van der Waals surface area contributed by atoms with Crippen molar-refractivity contribution in [1.82, 2.24) is 5.32 Å². The number of carbonyl (C=O) groups is 1. The second-order valence-electron chi connectivity index (χ2n) is 18.3.